The molecule has 0 amide bonds. The van der Waals surface area contributed by atoms with Crippen molar-refractivity contribution in [3.63, 3.8) is 0 Å². The fraction of sp³-hybridized carbons (Fsp3) is 0.333. The summed E-state index contributed by atoms with van der Waals surface area (Å²) in [7, 11) is 0. The third-order valence-corrected chi connectivity index (χ3v) is 2.30. The van der Waals surface area contributed by atoms with E-state index >= 15 is 0 Å². The molecule has 3 nitrogen and oxygen atoms in total. The number of carbonyl (C=O) groups is 1. The van der Waals surface area contributed by atoms with Gasteiger partial charge in [0.2, 0.25) is 0 Å². The summed E-state index contributed by atoms with van der Waals surface area (Å²) in [6, 6.07) is 1.69. The van der Waals surface area contributed by atoms with Crippen LogP contribution in [0, 0.1) is 0 Å². The first-order chi connectivity index (χ1) is 6.22. The van der Waals surface area contributed by atoms with Crippen LogP contribution < -0.4 is 0 Å². The summed E-state index contributed by atoms with van der Waals surface area (Å²) in [5, 5.41) is 0.399. The van der Waals surface area contributed by atoms with Crippen molar-refractivity contribution in [2.24, 2.45) is 0 Å². The van der Waals surface area contributed by atoms with Crippen LogP contribution in [0.2, 0.25) is 5.15 Å². The van der Waals surface area contributed by atoms with Gasteiger partial charge in [-0.1, -0.05) is 18.5 Å². The maximum atomic E-state index is 11.2. The number of aromatic nitrogens is 1. The highest BCUT2D eigenvalue weighted by Crippen LogP contribution is 2.33. The minimum absolute atomic E-state index is 0.150. The van der Waals surface area contributed by atoms with Gasteiger partial charge in [-0.05, 0) is 12.5 Å². The molecule has 1 atom stereocenters. The number of ether oxygens (including phenoxy) is 1. The number of esters is 1. The maximum absolute atomic E-state index is 11.2. The van der Waals surface area contributed by atoms with E-state index < -0.39 is 0 Å². The van der Waals surface area contributed by atoms with Crippen LogP contribution in [-0.2, 0) is 4.74 Å². The van der Waals surface area contributed by atoms with Crippen molar-refractivity contribution in [3.8, 4) is 0 Å². The van der Waals surface area contributed by atoms with Gasteiger partial charge in [0, 0.05) is 11.8 Å². The van der Waals surface area contributed by atoms with Crippen molar-refractivity contribution >= 4 is 17.6 Å². The van der Waals surface area contributed by atoms with E-state index in [0.29, 0.717) is 10.7 Å². The van der Waals surface area contributed by atoms with Gasteiger partial charge >= 0.3 is 5.97 Å². The molecule has 1 aromatic rings. The zero-order valence-electron chi connectivity index (χ0n) is 7.08. The normalized spacial score (nSPS) is 19.8. The highest BCUT2D eigenvalue weighted by atomic mass is 35.5. The van der Waals surface area contributed by atoms with Crippen LogP contribution in [-0.4, -0.2) is 11.0 Å². The minimum Gasteiger partial charge on any atom is -0.454 e. The summed E-state index contributed by atoms with van der Waals surface area (Å²) < 4.78 is 5.10. The number of hydrogen-bond donors (Lipinski definition) is 0. The molecular formula is C9H8ClNO2. The van der Waals surface area contributed by atoms with Gasteiger partial charge in [-0.3, -0.25) is 0 Å². The maximum Gasteiger partial charge on any atom is 0.340 e. The van der Waals surface area contributed by atoms with Gasteiger partial charge in [-0.2, -0.15) is 0 Å². The molecule has 0 saturated heterocycles. The molecular weight excluding hydrogens is 190 g/mol. The van der Waals surface area contributed by atoms with E-state index in [1.165, 1.54) is 6.20 Å². The third-order valence-electron chi connectivity index (χ3n) is 2.09. The average Bonchev–Trinajstić information content (AvgIpc) is 2.42. The summed E-state index contributed by atoms with van der Waals surface area (Å²) in [6.07, 6.45) is 2.08. The Morgan fingerprint density at radius 3 is 3.15 bits per heavy atom. The molecule has 1 aliphatic heterocycles. The lowest BCUT2D eigenvalue weighted by Gasteiger charge is -2.05. The van der Waals surface area contributed by atoms with Crippen molar-refractivity contribution in [2.45, 2.75) is 19.4 Å². The highest BCUT2D eigenvalue weighted by Gasteiger charge is 2.30. The molecule has 1 aromatic heterocycles. The molecule has 1 aliphatic rings. The van der Waals surface area contributed by atoms with Gasteiger partial charge < -0.3 is 4.74 Å². The first-order valence-corrected chi connectivity index (χ1v) is 4.46. The quantitative estimate of drug-likeness (QED) is 0.513. The summed E-state index contributed by atoms with van der Waals surface area (Å²) in [6.45, 7) is 1.96. The first kappa shape index (κ1) is 8.51. The van der Waals surface area contributed by atoms with E-state index in [1.807, 2.05) is 6.92 Å². The monoisotopic (exact) mass is 197 g/mol. The molecule has 0 bridgehead atoms. The molecule has 2 heterocycles. The van der Waals surface area contributed by atoms with Crippen molar-refractivity contribution in [1.82, 2.24) is 4.98 Å². The number of cyclic esters (lactones) is 1. The summed E-state index contributed by atoms with van der Waals surface area (Å²) in [5.74, 6) is -0.300. The predicted octanol–water partition coefficient (Wildman–Crippen LogP) is 2.36. The van der Waals surface area contributed by atoms with Crippen LogP contribution >= 0.6 is 11.6 Å². The number of pyridine rings is 1. The van der Waals surface area contributed by atoms with Crippen LogP contribution in [0.4, 0.5) is 0 Å². The summed E-state index contributed by atoms with van der Waals surface area (Å²) >= 11 is 5.72. The second-order valence-electron chi connectivity index (χ2n) is 2.90. The SMILES string of the molecule is CCC1OC(=O)c2cnc(Cl)cc21. The van der Waals surface area contributed by atoms with Gasteiger partial charge in [0.05, 0.1) is 5.56 Å². The van der Waals surface area contributed by atoms with Gasteiger partial charge in [0.1, 0.15) is 11.3 Å². The fourth-order valence-electron chi connectivity index (χ4n) is 1.44. The summed E-state index contributed by atoms with van der Waals surface area (Å²) in [4.78, 5) is 15.1. The molecule has 68 valence electrons. The Hall–Kier alpha value is -1.09. The third kappa shape index (κ3) is 1.29. The Morgan fingerprint density at radius 2 is 2.46 bits per heavy atom. The van der Waals surface area contributed by atoms with E-state index in [0.717, 1.165) is 12.0 Å². The minimum atomic E-state index is -0.300. The number of halogens is 1. The number of hydrogen-bond acceptors (Lipinski definition) is 3. The van der Waals surface area contributed by atoms with E-state index in [9.17, 15) is 4.79 Å². The van der Waals surface area contributed by atoms with E-state index in [2.05, 4.69) is 4.98 Å². The number of nitrogens with zero attached hydrogens (tertiary/aromatic N) is 1. The first-order valence-electron chi connectivity index (χ1n) is 4.08. The molecule has 0 aromatic carbocycles. The zero-order valence-corrected chi connectivity index (χ0v) is 7.84. The molecule has 0 radical (unpaired) electrons. The molecule has 1 unspecified atom stereocenters. The van der Waals surface area contributed by atoms with Crippen molar-refractivity contribution in [1.29, 1.82) is 0 Å². The zero-order chi connectivity index (χ0) is 9.42. The van der Waals surface area contributed by atoms with Crippen LogP contribution in [0.25, 0.3) is 0 Å². The summed E-state index contributed by atoms with van der Waals surface area (Å²) in [5.41, 5.74) is 1.39. The van der Waals surface area contributed by atoms with Gasteiger partial charge in [-0.15, -0.1) is 0 Å². The van der Waals surface area contributed by atoms with Crippen molar-refractivity contribution in [2.75, 3.05) is 0 Å². The topological polar surface area (TPSA) is 39.2 Å². The Balaban J connectivity index is 2.52. The molecule has 0 saturated carbocycles. The molecule has 0 N–H and O–H groups in total. The van der Waals surface area contributed by atoms with Crippen molar-refractivity contribution < 1.29 is 9.53 Å². The number of rotatable bonds is 1. The lowest BCUT2D eigenvalue weighted by atomic mass is 10.1. The molecule has 0 aliphatic carbocycles. The lowest BCUT2D eigenvalue weighted by Crippen LogP contribution is -1.96. The molecule has 0 fully saturated rings. The van der Waals surface area contributed by atoms with Gasteiger partial charge in [-0.25, -0.2) is 9.78 Å². The largest absolute Gasteiger partial charge is 0.454 e. The smallest absolute Gasteiger partial charge is 0.340 e. The van der Waals surface area contributed by atoms with Crippen LogP contribution in [0.3, 0.4) is 0 Å². The van der Waals surface area contributed by atoms with Gasteiger partial charge in [0.15, 0.2) is 0 Å². The highest BCUT2D eigenvalue weighted by molar-refractivity contribution is 6.29. The predicted molar refractivity (Wildman–Crippen MR) is 47.7 cm³/mol. The van der Waals surface area contributed by atoms with Crippen LogP contribution in [0.5, 0.6) is 0 Å². The Labute approximate surface area is 80.7 Å². The molecule has 2 rings (SSSR count). The second kappa shape index (κ2) is 3.00. The van der Waals surface area contributed by atoms with E-state index in [4.69, 9.17) is 16.3 Å². The lowest BCUT2D eigenvalue weighted by molar-refractivity contribution is 0.0378. The van der Waals surface area contributed by atoms with Gasteiger partial charge in [0.25, 0.3) is 0 Å². The molecule has 4 heteroatoms. The molecule has 0 spiro atoms. The number of carbonyl (C=O) groups excluding carboxylic acids is 1. The van der Waals surface area contributed by atoms with Crippen LogP contribution in [0.1, 0.15) is 35.4 Å². The molecule has 13 heavy (non-hydrogen) atoms. The second-order valence-corrected chi connectivity index (χ2v) is 3.28. The van der Waals surface area contributed by atoms with E-state index in [-0.39, 0.29) is 12.1 Å². The van der Waals surface area contributed by atoms with Crippen molar-refractivity contribution in [3.05, 3.63) is 28.5 Å². The Kier molecular flexibility index (Phi) is 1.96. The van der Waals surface area contributed by atoms with E-state index in [1.54, 1.807) is 6.07 Å². The standard InChI is InChI=1S/C9H8ClNO2/c1-2-7-5-3-8(10)11-4-6(5)9(12)13-7/h3-4,7H,2H2,1H3. The number of fused-ring (bicyclic) bond motifs is 1. The van der Waals surface area contributed by atoms with Crippen LogP contribution in [0.15, 0.2) is 12.3 Å². The Morgan fingerprint density at radius 1 is 1.69 bits per heavy atom. The fourth-order valence-corrected chi connectivity index (χ4v) is 1.61. The average molecular weight is 198 g/mol. The Bertz CT molecular complexity index is 365.